The van der Waals surface area contributed by atoms with E-state index in [0.717, 1.165) is 0 Å². The minimum Gasteiger partial charge on any atom is -0.391 e. The standard InChI is InChI=1S/C29H40ClN7O11/c1-2-8-31-22(41)7-9-45-10-11-46-12-13-47-29(28-34-36-37-35-28)15-20(39)25(33-24(43)17-38)27(48-29)26(44)21(40)16-32-23(42)14-18-3-5-19(30)6-4-18/h1,3-6,20-21,25-27,38-40,44H,7-17H2,(H,31,41)(H,32,42)(H,33,43)(H,34,35,36,37)/t20-,21+,25+,26+,27+,29+/m0/s1. The van der Waals surface area contributed by atoms with Gasteiger partial charge < -0.3 is 55.3 Å². The highest BCUT2D eigenvalue weighted by Gasteiger charge is 2.54. The number of nitrogens with zero attached hydrogens (tertiary/aromatic N) is 3. The van der Waals surface area contributed by atoms with Crippen LogP contribution in [0.15, 0.2) is 24.3 Å². The molecule has 8 N–H and O–H groups in total. The summed E-state index contributed by atoms with van der Waals surface area (Å²) in [7, 11) is 0. The summed E-state index contributed by atoms with van der Waals surface area (Å²) in [4.78, 5) is 36.1. The zero-order valence-electron chi connectivity index (χ0n) is 25.9. The summed E-state index contributed by atoms with van der Waals surface area (Å²) in [6.45, 7) is -0.855. The Bertz CT molecular complexity index is 1330. The molecule has 19 heteroatoms. The Balaban J connectivity index is 1.61. The van der Waals surface area contributed by atoms with Crippen LogP contribution in [0.3, 0.4) is 0 Å². The number of rotatable bonds is 20. The summed E-state index contributed by atoms with van der Waals surface area (Å²) < 4.78 is 22.9. The number of H-pyrrole nitrogens is 1. The van der Waals surface area contributed by atoms with Gasteiger partial charge in [0.15, 0.2) is 0 Å². The van der Waals surface area contributed by atoms with Gasteiger partial charge in [-0.25, -0.2) is 0 Å². The third kappa shape index (κ3) is 12.0. The lowest BCUT2D eigenvalue weighted by Crippen LogP contribution is -2.66. The van der Waals surface area contributed by atoms with Gasteiger partial charge in [-0.3, -0.25) is 14.4 Å². The van der Waals surface area contributed by atoms with E-state index in [1.54, 1.807) is 24.3 Å². The molecule has 264 valence electrons. The molecule has 1 saturated heterocycles. The first-order valence-corrected chi connectivity index (χ1v) is 15.3. The van der Waals surface area contributed by atoms with Crippen molar-refractivity contribution in [1.29, 1.82) is 0 Å². The fourth-order valence-electron chi connectivity index (χ4n) is 4.68. The van der Waals surface area contributed by atoms with Crippen molar-refractivity contribution in [3.63, 3.8) is 0 Å². The van der Waals surface area contributed by atoms with Crippen LogP contribution in [-0.4, -0.2) is 142 Å². The number of terminal acetylenes is 1. The van der Waals surface area contributed by atoms with Crippen LogP contribution >= 0.6 is 11.6 Å². The fraction of sp³-hybridized carbons (Fsp3) is 0.586. The molecule has 1 aliphatic rings. The Hall–Kier alpha value is -3.77. The van der Waals surface area contributed by atoms with Crippen molar-refractivity contribution in [3.05, 3.63) is 40.7 Å². The van der Waals surface area contributed by atoms with E-state index < -0.39 is 61.2 Å². The van der Waals surface area contributed by atoms with Crippen LogP contribution in [0.25, 0.3) is 0 Å². The number of carbonyl (C=O) groups excluding carboxylic acids is 3. The molecule has 2 heterocycles. The molecule has 0 spiro atoms. The number of halogens is 1. The van der Waals surface area contributed by atoms with E-state index in [4.69, 9.17) is 37.0 Å². The molecule has 1 fully saturated rings. The van der Waals surface area contributed by atoms with Gasteiger partial charge >= 0.3 is 0 Å². The van der Waals surface area contributed by atoms with Crippen molar-refractivity contribution in [3.8, 4) is 12.3 Å². The summed E-state index contributed by atoms with van der Waals surface area (Å²) in [6, 6.07) is 5.25. The Morgan fingerprint density at radius 3 is 2.46 bits per heavy atom. The van der Waals surface area contributed by atoms with Crippen LogP contribution in [0.5, 0.6) is 0 Å². The summed E-state index contributed by atoms with van der Waals surface area (Å²) in [6.07, 6.45) is -1.70. The second-order valence-corrected chi connectivity index (χ2v) is 11.0. The first kappa shape index (κ1) is 38.7. The number of ether oxygens (including phenoxy) is 4. The molecular weight excluding hydrogens is 658 g/mol. The SMILES string of the molecule is C#CCNC(=O)CCOCCOCCO[C@]1(c2nn[nH]n2)C[C@H](O)[C@@H](NC(=O)CO)[C@H]([C@H](O)[C@H](O)CNC(=O)Cc2ccc(Cl)cc2)O1. The number of aliphatic hydroxyl groups excluding tert-OH is 4. The van der Waals surface area contributed by atoms with Crippen molar-refractivity contribution in [2.75, 3.05) is 52.7 Å². The van der Waals surface area contributed by atoms with E-state index in [0.29, 0.717) is 10.6 Å². The van der Waals surface area contributed by atoms with E-state index in [-0.39, 0.29) is 70.6 Å². The van der Waals surface area contributed by atoms with Gasteiger partial charge in [-0.15, -0.1) is 16.6 Å². The maximum absolute atomic E-state index is 12.5. The van der Waals surface area contributed by atoms with E-state index in [1.807, 2.05) is 0 Å². The second-order valence-electron chi connectivity index (χ2n) is 10.6. The molecule has 6 atom stereocenters. The third-order valence-corrected chi connectivity index (χ3v) is 7.30. The number of aromatic amines is 1. The third-order valence-electron chi connectivity index (χ3n) is 7.04. The van der Waals surface area contributed by atoms with E-state index in [2.05, 4.69) is 42.5 Å². The number of hydrogen-bond donors (Lipinski definition) is 8. The minimum atomic E-state index is -1.94. The van der Waals surface area contributed by atoms with Crippen LogP contribution in [0.1, 0.15) is 24.2 Å². The van der Waals surface area contributed by atoms with Gasteiger partial charge in [0.2, 0.25) is 29.3 Å². The number of nitrogens with one attached hydrogen (secondary N) is 4. The predicted molar refractivity (Wildman–Crippen MR) is 165 cm³/mol. The Labute approximate surface area is 280 Å². The maximum atomic E-state index is 12.5. The quantitative estimate of drug-likeness (QED) is 0.0504. The number of aromatic nitrogens is 4. The molecule has 1 aliphatic heterocycles. The van der Waals surface area contributed by atoms with Gasteiger partial charge in [-0.1, -0.05) is 29.7 Å². The topological polar surface area (TPSA) is 260 Å². The fourth-order valence-corrected chi connectivity index (χ4v) is 4.80. The molecule has 0 saturated carbocycles. The van der Waals surface area contributed by atoms with E-state index in [1.165, 1.54) is 0 Å². The number of hydrogen-bond acceptors (Lipinski definition) is 14. The molecule has 3 rings (SSSR count). The monoisotopic (exact) mass is 697 g/mol. The van der Waals surface area contributed by atoms with E-state index in [9.17, 15) is 34.8 Å². The van der Waals surface area contributed by atoms with Crippen molar-refractivity contribution >= 4 is 29.3 Å². The van der Waals surface area contributed by atoms with Crippen LogP contribution in [-0.2, 0) is 45.5 Å². The molecule has 1 aromatic heterocycles. The normalized spacial score (nSPS) is 21.9. The molecule has 18 nitrogen and oxygen atoms in total. The number of tetrazole rings is 1. The Morgan fingerprint density at radius 1 is 1.08 bits per heavy atom. The number of benzene rings is 1. The van der Waals surface area contributed by atoms with Gasteiger partial charge in [0.1, 0.15) is 18.8 Å². The van der Waals surface area contributed by atoms with Crippen LogP contribution in [0, 0.1) is 12.3 Å². The van der Waals surface area contributed by atoms with Gasteiger partial charge in [0.25, 0.3) is 0 Å². The lowest BCUT2D eigenvalue weighted by atomic mass is 9.88. The predicted octanol–water partition coefficient (Wildman–Crippen LogP) is -3.10. The summed E-state index contributed by atoms with van der Waals surface area (Å²) in [5, 5.41) is 64.1. The van der Waals surface area contributed by atoms with Crippen LogP contribution in [0.2, 0.25) is 5.02 Å². The second kappa shape index (κ2) is 19.9. The number of carbonyl (C=O) groups is 3. The molecule has 1 aromatic carbocycles. The van der Waals surface area contributed by atoms with Crippen molar-refractivity contribution in [2.24, 2.45) is 0 Å². The first-order chi connectivity index (χ1) is 23.1. The Morgan fingerprint density at radius 2 is 1.79 bits per heavy atom. The van der Waals surface area contributed by atoms with E-state index >= 15 is 0 Å². The molecule has 0 bridgehead atoms. The van der Waals surface area contributed by atoms with Gasteiger partial charge in [0, 0.05) is 24.4 Å². The molecule has 0 unspecified atom stereocenters. The average molecular weight is 698 g/mol. The van der Waals surface area contributed by atoms with Gasteiger partial charge in [-0.2, -0.15) is 5.21 Å². The minimum absolute atomic E-state index is 0.00520. The summed E-state index contributed by atoms with van der Waals surface area (Å²) >= 11 is 5.88. The molecule has 0 aliphatic carbocycles. The zero-order valence-corrected chi connectivity index (χ0v) is 26.7. The average Bonchev–Trinajstić information content (AvgIpc) is 3.63. The summed E-state index contributed by atoms with van der Waals surface area (Å²) in [5.41, 5.74) is 0.664. The summed E-state index contributed by atoms with van der Waals surface area (Å²) in [5.74, 6) is -1.39. The molecule has 2 aromatic rings. The van der Waals surface area contributed by atoms with Gasteiger partial charge in [0.05, 0.1) is 64.2 Å². The van der Waals surface area contributed by atoms with Crippen molar-refractivity contribution < 1.29 is 53.8 Å². The largest absolute Gasteiger partial charge is 0.391 e. The Kier molecular flexibility index (Phi) is 16.0. The lowest BCUT2D eigenvalue weighted by Gasteiger charge is -2.47. The van der Waals surface area contributed by atoms with Crippen molar-refractivity contribution in [1.82, 2.24) is 36.6 Å². The smallest absolute Gasteiger partial charge is 0.246 e. The number of amides is 3. The zero-order chi connectivity index (χ0) is 34.9. The highest BCUT2D eigenvalue weighted by atomic mass is 35.5. The van der Waals surface area contributed by atoms with Crippen molar-refractivity contribution in [2.45, 2.75) is 55.5 Å². The highest BCUT2D eigenvalue weighted by Crippen LogP contribution is 2.38. The molecular formula is C29H40ClN7O11. The van der Waals surface area contributed by atoms with Crippen LogP contribution < -0.4 is 16.0 Å². The van der Waals surface area contributed by atoms with Crippen LogP contribution in [0.4, 0.5) is 0 Å². The molecule has 48 heavy (non-hydrogen) atoms. The number of aliphatic hydroxyl groups is 4. The molecule has 3 amide bonds. The molecule has 0 radical (unpaired) electrons. The first-order valence-electron chi connectivity index (χ1n) is 15.0. The maximum Gasteiger partial charge on any atom is 0.246 e. The highest BCUT2D eigenvalue weighted by molar-refractivity contribution is 6.30. The lowest BCUT2D eigenvalue weighted by molar-refractivity contribution is -0.333. The van der Waals surface area contributed by atoms with Gasteiger partial charge in [-0.05, 0) is 22.9 Å².